The summed E-state index contributed by atoms with van der Waals surface area (Å²) in [6, 6.07) is 16.9. The number of aliphatic imine (C=N–C) groups is 1. The number of rotatable bonds is 6. The fraction of sp³-hybridized carbons (Fsp3) is 0.444. The van der Waals surface area contributed by atoms with Crippen molar-refractivity contribution >= 4 is 41.0 Å². The molecule has 1 fully saturated rings. The number of hydrogen-bond acceptors (Lipinski definition) is 6. The average Bonchev–Trinajstić information content (AvgIpc) is 3.28. The quantitative estimate of drug-likeness (QED) is 0.250. The molecule has 46 heavy (non-hydrogen) atoms. The Morgan fingerprint density at radius 2 is 1.52 bits per heavy atom. The van der Waals surface area contributed by atoms with E-state index in [-0.39, 0.29) is 23.3 Å². The van der Waals surface area contributed by atoms with Crippen molar-refractivity contribution in [2.75, 3.05) is 26.8 Å². The molecule has 3 aromatic rings. The molecule has 0 radical (unpaired) electrons. The highest BCUT2D eigenvalue weighted by Gasteiger charge is 2.60. The number of likely N-dealkylation sites (tertiary alicyclic amines) is 1. The van der Waals surface area contributed by atoms with Crippen LogP contribution in [-0.4, -0.2) is 59.4 Å². The number of carbonyl (C=O) groups excluding carboxylic acids is 2. The SMILES string of the molecule is CCOc1cc(C(C)(C)C)ncc1C1=N[C@@](C)(c2ccc(Cl)cc2)[C@@](C)(c2ccc(Cl)cc2)N1C(=O)N1CCC(C(=O)OC)CC1. The summed E-state index contributed by atoms with van der Waals surface area (Å²) in [7, 11) is 1.40. The van der Waals surface area contributed by atoms with E-state index in [2.05, 4.69) is 20.8 Å². The summed E-state index contributed by atoms with van der Waals surface area (Å²) in [5.41, 5.74) is 0.965. The lowest BCUT2D eigenvalue weighted by Crippen LogP contribution is -2.59. The Hall–Kier alpha value is -3.62. The summed E-state index contributed by atoms with van der Waals surface area (Å²) in [5.74, 6) is 0.554. The van der Waals surface area contributed by atoms with E-state index in [0.717, 1.165) is 16.8 Å². The zero-order valence-electron chi connectivity index (χ0n) is 27.6. The van der Waals surface area contributed by atoms with Gasteiger partial charge in [-0.3, -0.25) is 19.7 Å². The first kappa shape index (κ1) is 33.7. The predicted octanol–water partition coefficient (Wildman–Crippen LogP) is 7.98. The minimum atomic E-state index is -1.04. The number of piperidine rings is 1. The van der Waals surface area contributed by atoms with Crippen LogP contribution < -0.4 is 4.74 Å². The number of halogens is 2. The topological polar surface area (TPSA) is 84.3 Å². The van der Waals surface area contributed by atoms with Gasteiger partial charge in [0.1, 0.15) is 22.7 Å². The number of esters is 1. The molecular formula is C36H42Cl2N4O4. The number of hydrogen-bond donors (Lipinski definition) is 0. The number of ether oxygens (including phenoxy) is 2. The molecule has 244 valence electrons. The summed E-state index contributed by atoms with van der Waals surface area (Å²) in [6.07, 6.45) is 2.79. The van der Waals surface area contributed by atoms with Crippen molar-refractivity contribution in [2.24, 2.45) is 10.9 Å². The van der Waals surface area contributed by atoms with Crippen molar-refractivity contribution in [2.45, 2.75) is 70.9 Å². The van der Waals surface area contributed by atoms with E-state index in [4.69, 9.17) is 42.7 Å². The van der Waals surface area contributed by atoms with E-state index in [0.29, 0.717) is 59.7 Å². The van der Waals surface area contributed by atoms with Crippen molar-refractivity contribution in [3.63, 3.8) is 0 Å². The second-order valence-electron chi connectivity index (χ2n) is 13.2. The minimum absolute atomic E-state index is 0.223. The largest absolute Gasteiger partial charge is 0.493 e. The van der Waals surface area contributed by atoms with Crippen LogP contribution in [0.15, 0.2) is 65.8 Å². The van der Waals surface area contributed by atoms with Gasteiger partial charge in [-0.15, -0.1) is 0 Å². The van der Waals surface area contributed by atoms with E-state index < -0.39 is 11.1 Å². The molecule has 8 nitrogen and oxygen atoms in total. The van der Waals surface area contributed by atoms with Gasteiger partial charge >= 0.3 is 12.0 Å². The van der Waals surface area contributed by atoms with E-state index in [9.17, 15) is 4.79 Å². The van der Waals surface area contributed by atoms with Gasteiger partial charge in [-0.25, -0.2) is 4.79 Å². The average molecular weight is 666 g/mol. The molecule has 10 heteroatoms. The maximum Gasteiger partial charge on any atom is 0.326 e. The highest BCUT2D eigenvalue weighted by atomic mass is 35.5. The second-order valence-corrected chi connectivity index (χ2v) is 14.1. The maximum absolute atomic E-state index is 15.0. The van der Waals surface area contributed by atoms with Crippen molar-refractivity contribution in [3.05, 3.63) is 93.2 Å². The van der Waals surface area contributed by atoms with Gasteiger partial charge in [-0.05, 0) is 69.0 Å². The Balaban J connectivity index is 1.74. The van der Waals surface area contributed by atoms with Crippen LogP contribution in [-0.2, 0) is 26.0 Å². The van der Waals surface area contributed by atoms with Crippen molar-refractivity contribution < 1.29 is 19.1 Å². The van der Waals surface area contributed by atoms with Crippen LogP contribution >= 0.6 is 23.2 Å². The minimum Gasteiger partial charge on any atom is -0.493 e. The fourth-order valence-corrected chi connectivity index (χ4v) is 6.72. The zero-order chi connectivity index (χ0) is 33.4. The molecule has 0 spiro atoms. The summed E-state index contributed by atoms with van der Waals surface area (Å²) < 4.78 is 11.2. The van der Waals surface area contributed by atoms with Gasteiger partial charge in [0, 0.05) is 46.5 Å². The lowest BCUT2D eigenvalue weighted by atomic mass is 9.71. The van der Waals surface area contributed by atoms with Crippen LogP contribution in [0.25, 0.3) is 0 Å². The van der Waals surface area contributed by atoms with Crippen LogP contribution in [0.1, 0.15) is 76.8 Å². The number of nitrogens with zero attached hydrogens (tertiary/aromatic N) is 4. The molecule has 1 saturated heterocycles. The van der Waals surface area contributed by atoms with Gasteiger partial charge in [0.2, 0.25) is 0 Å². The molecule has 2 aliphatic rings. The standard InChI is InChI=1S/C36H42Cl2N4O4/c1-8-46-29-21-30(34(2,3)4)39-22-28(29)31-40-35(5,24-9-13-26(37)14-10-24)36(6,25-11-15-27(38)16-12-25)42(31)33(44)41-19-17-23(18-20-41)32(43)45-7/h9-16,21-23H,8,17-20H2,1-7H3/t35-,36+/m0/s1. The zero-order valence-corrected chi connectivity index (χ0v) is 29.1. The van der Waals surface area contributed by atoms with E-state index in [1.54, 1.807) is 16.0 Å². The van der Waals surface area contributed by atoms with Gasteiger partial charge in [-0.1, -0.05) is 68.2 Å². The molecule has 0 bridgehead atoms. The summed E-state index contributed by atoms with van der Waals surface area (Å²) >= 11 is 12.7. The third-order valence-electron chi connectivity index (χ3n) is 9.42. The first-order valence-corrected chi connectivity index (χ1v) is 16.4. The molecule has 1 aromatic heterocycles. The monoisotopic (exact) mass is 664 g/mol. The lowest BCUT2D eigenvalue weighted by Gasteiger charge is -2.47. The first-order valence-electron chi connectivity index (χ1n) is 15.7. The van der Waals surface area contributed by atoms with Crippen molar-refractivity contribution in [1.29, 1.82) is 0 Å². The Morgan fingerprint density at radius 1 is 0.957 bits per heavy atom. The Labute approximate surface area is 281 Å². The third-order valence-corrected chi connectivity index (χ3v) is 9.92. The number of amidine groups is 1. The van der Waals surface area contributed by atoms with Gasteiger partial charge in [-0.2, -0.15) is 0 Å². The number of aromatic nitrogens is 1. The lowest BCUT2D eigenvalue weighted by molar-refractivity contribution is -0.146. The number of methoxy groups -OCH3 is 1. The second kappa shape index (κ2) is 12.9. The Morgan fingerprint density at radius 3 is 2.04 bits per heavy atom. The Kier molecular flexibility index (Phi) is 9.45. The van der Waals surface area contributed by atoms with E-state index in [1.165, 1.54) is 7.11 Å². The third kappa shape index (κ3) is 5.97. The number of carbonyl (C=O) groups is 2. The van der Waals surface area contributed by atoms with Gasteiger partial charge in [0.15, 0.2) is 0 Å². The van der Waals surface area contributed by atoms with Crippen molar-refractivity contribution in [1.82, 2.24) is 14.8 Å². The molecule has 5 rings (SSSR count). The van der Waals surface area contributed by atoms with Gasteiger partial charge < -0.3 is 14.4 Å². The molecule has 2 aromatic carbocycles. The molecular weight excluding hydrogens is 623 g/mol. The molecule has 0 N–H and O–H groups in total. The van der Waals surface area contributed by atoms with E-state index >= 15 is 4.79 Å². The normalized spacial score (nSPS) is 22.1. The fourth-order valence-electron chi connectivity index (χ4n) is 6.47. The smallest absolute Gasteiger partial charge is 0.326 e. The molecule has 2 atom stereocenters. The van der Waals surface area contributed by atoms with Crippen LogP contribution in [0.3, 0.4) is 0 Å². The van der Waals surface area contributed by atoms with Crippen molar-refractivity contribution in [3.8, 4) is 5.75 Å². The van der Waals surface area contributed by atoms with Crippen LogP contribution in [0, 0.1) is 5.92 Å². The predicted molar refractivity (Wildman–Crippen MR) is 182 cm³/mol. The molecule has 0 saturated carbocycles. The molecule has 0 unspecified atom stereocenters. The molecule has 3 heterocycles. The van der Waals surface area contributed by atoms with Gasteiger partial charge in [0.05, 0.1) is 25.2 Å². The Bertz CT molecular complexity index is 1630. The number of pyridine rings is 1. The maximum atomic E-state index is 15.0. The number of amides is 2. The molecule has 2 amide bonds. The highest BCUT2D eigenvalue weighted by Crippen LogP contribution is 2.54. The van der Waals surface area contributed by atoms with Gasteiger partial charge in [0.25, 0.3) is 0 Å². The van der Waals surface area contributed by atoms with Crippen LogP contribution in [0.5, 0.6) is 5.75 Å². The highest BCUT2D eigenvalue weighted by molar-refractivity contribution is 6.30. The van der Waals surface area contributed by atoms with Crippen LogP contribution in [0.4, 0.5) is 4.79 Å². The first-order chi connectivity index (χ1) is 21.7. The number of benzene rings is 2. The molecule has 0 aliphatic carbocycles. The summed E-state index contributed by atoms with van der Waals surface area (Å²) in [6.45, 7) is 13.5. The van der Waals surface area contributed by atoms with Crippen LogP contribution in [0.2, 0.25) is 10.0 Å². The number of urea groups is 1. The summed E-state index contributed by atoms with van der Waals surface area (Å²) in [5, 5.41) is 1.19. The summed E-state index contributed by atoms with van der Waals surface area (Å²) in [4.78, 5) is 41.2. The van der Waals surface area contributed by atoms with E-state index in [1.807, 2.05) is 75.4 Å². The molecule has 2 aliphatic heterocycles.